The molecule has 1 aromatic rings. The van der Waals surface area contributed by atoms with Crippen molar-refractivity contribution in [1.82, 2.24) is 0 Å². The normalized spacial score (nSPS) is 11.8. The highest BCUT2D eigenvalue weighted by Crippen LogP contribution is 2.24. The van der Waals surface area contributed by atoms with E-state index in [0.717, 1.165) is 12.8 Å². The van der Waals surface area contributed by atoms with Crippen LogP contribution in [0.1, 0.15) is 45.3 Å². The maximum atomic E-state index is 5.63. The van der Waals surface area contributed by atoms with Gasteiger partial charge in [-0.15, -0.1) is 0 Å². The number of hydrogen-bond acceptors (Lipinski definition) is 1. The van der Waals surface area contributed by atoms with Gasteiger partial charge in [-0.2, -0.15) is 0 Å². The van der Waals surface area contributed by atoms with E-state index in [0.29, 0.717) is 5.92 Å². The smallest absolute Gasteiger partial charge is 0.138 e. The molecule has 1 unspecified atom stereocenters. The zero-order chi connectivity index (χ0) is 11.8. The van der Waals surface area contributed by atoms with Gasteiger partial charge in [0.15, 0.2) is 0 Å². The zero-order valence-electron chi connectivity index (χ0n) is 10.4. The highest BCUT2D eigenvalue weighted by molar-refractivity contribution is 5.18. The molecule has 0 aliphatic heterocycles. The fraction of sp³-hybridized carbons (Fsp3) is 0.467. The fourth-order valence-electron chi connectivity index (χ4n) is 1.51. The van der Waals surface area contributed by atoms with Crippen LogP contribution in [0.2, 0.25) is 0 Å². The standard InChI is InChI=1S/C15H20O/c1-4-5-9-12-16-15(13(2)3)14-10-7-6-8-11-14/h6-8,10-11,13,15H,4-5H2,1-3H3. The second-order valence-electron chi connectivity index (χ2n) is 4.22. The first kappa shape index (κ1) is 12.6. The van der Waals surface area contributed by atoms with Crippen LogP contribution >= 0.6 is 0 Å². The summed E-state index contributed by atoms with van der Waals surface area (Å²) < 4.78 is 5.63. The predicted molar refractivity (Wildman–Crippen MR) is 67.8 cm³/mol. The van der Waals surface area contributed by atoms with Crippen molar-refractivity contribution < 1.29 is 4.74 Å². The van der Waals surface area contributed by atoms with Gasteiger partial charge < -0.3 is 4.74 Å². The van der Waals surface area contributed by atoms with Gasteiger partial charge in [-0.25, -0.2) is 0 Å². The van der Waals surface area contributed by atoms with Gasteiger partial charge in [0.2, 0.25) is 0 Å². The summed E-state index contributed by atoms with van der Waals surface area (Å²) in [6.45, 7) is 6.42. The first-order valence-electron chi connectivity index (χ1n) is 5.94. The summed E-state index contributed by atoms with van der Waals surface area (Å²) >= 11 is 0. The minimum atomic E-state index is 0.0746. The van der Waals surface area contributed by atoms with E-state index in [1.54, 1.807) is 0 Å². The molecule has 0 amide bonds. The van der Waals surface area contributed by atoms with Gasteiger partial charge in [-0.3, -0.25) is 0 Å². The lowest BCUT2D eigenvalue weighted by Crippen LogP contribution is -2.08. The van der Waals surface area contributed by atoms with Crippen LogP contribution in [0.15, 0.2) is 30.3 Å². The van der Waals surface area contributed by atoms with Crippen molar-refractivity contribution >= 4 is 0 Å². The van der Waals surface area contributed by atoms with Crippen LogP contribution in [-0.4, -0.2) is 0 Å². The maximum Gasteiger partial charge on any atom is 0.138 e. The Kier molecular flexibility index (Phi) is 5.50. The SMILES string of the molecule is CCCC#COC(c1ccccc1)C(C)C. The summed E-state index contributed by atoms with van der Waals surface area (Å²) in [5, 5.41) is 0. The molecular weight excluding hydrogens is 196 g/mol. The lowest BCUT2D eigenvalue weighted by atomic mass is 9.99. The lowest BCUT2D eigenvalue weighted by molar-refractivity contribution is 0.121. The second kappa shape index (κ2) is 6.95. The molecule has 1 aromatic carbocycles. The van der Waals surface area contributed by atoms with Gasteiger partial charge in [0.25, 0.3) is 0 Å². The number of rotatable bonds is 4. The summed E-state index contributed by atoms with van der Waals surface area (Å²) in [6.07, 6.45) is 4.87. The molecule has 16 heavy (non-hydrogen) atoms. The Morgan fingerprint density at radius 1 is 1.19 bits per heavy atom. The first-order chi connectivity index (χ1) is 7.75. The van der Waals surface area contributed by atoms with Crippen LogP contribution in [0.25, 0.3) is 0 Å². The summed E-state index contributed by atoms with van der Waals surface area (Å²) in [6, 6.07) is 10.3. The van der Waals surface area contributed by atoms with Gasteiger partial charge in [0.05, 0.1) is 0 Å². The lowest BCUT2D eigenvalue weighted by Gasteiger charge is -2.18. The summed E-state index contributed by atoms with van der Waals surface area (Å²) in [5.74, 6) is 3.45. The Hall–Kier alpha value is -1.42. The van der Waals surface area contributed by atoms with Crippen LogP contribution in [0.5, 0.6) is 0 Å². The monoisotopic (exact) mass is 216 g/mol. The first-order valence-corrected chi connectivity index (χ1v) is 5.94. The van der Waals surface area contributed by atoms with Gasteiger partial charge in [-0.05, 0) is 17.9 Å². The molecule has 1 atom stereocenters. The van der Waals surface area contributed by atoms with E-state index < -0.39 is 0 Å². The van der Waals surface area contributed by atoms with Crippen LogP contribution in [0, 0.1) is 17.9 Å². The van der Waals surface area contributed by atoms with Crippen molar-refractivity contribution in [3.63, 3.8) is 0 Å². The average molecular weight is 216 g/mol. The molecule has 0 aliphatic rings. The van der Waals surface area contributed by atoms with E-state index in [4.69, 9.17) is 4.74 Å². The molecule has 0 N–H and O–H groups in total. The van der Waals surface area contributed by atoms with Crippen LogP contribution in [-0.2, 0) is 4.74 Å². The minimum absolute atomic E-state index is 0.0746. The maximum absolute atomic E-state index is 5.63. The molecular formula is C15H20O. The van der Waals surface area contributed by atoms with E-state index in [1.165, 1.54) is 5.56 Å². The van der Waals surface area contributed by atoms with Crippen molar-refractivity contribution in [1.29, 1.82) is 0 Å². The fourth-order valence-corrected chi connectivity index (χ4v) is 1.51. The van der Waals surface area contributed by atoms with Gasteiger partial charge in [0, 0.05) is 6.42 Å². The number of unbranched alkanes of at least 4 members (excludes halogenated alkanes) is 1. The molecule has 0 fully saturated rings. The quantitative estimate of drug-likeness (QED) is 0.687. The third-order valence-electron chi connectivity index (χ3n) is 2.37. The minimum Gasteiger partial charge on any atom is -0.438 e. The molecule has 1 nitrogen and oxygen atoms in total. The van der Waals surface area contributed by atoms with E-state index >= 15 is 0 Å². The molecule has 0 aromatic heterocycles. The third-order valence-corrected chi connectivity index (χ3v) is 2.37. The predicted octanol–water partition coefficient (Wildman–Crippen LogP) is 4.16. The largest absolute Gasteiger partial charge is 0.438 e. The Morgan fingerprint density at radius 3 is 2.44 bits per heavy atom. The van der Waals surface area contributed by atoms with Crippen molar-refractivity contribution in [2.45, 2.75) is 39.7 Å². The topological polar surface area (TPSA) is 9.23 Å². The number of hydrogen-bond donors (Lipinski definition) is 0. The molecule has 1 heteroatoms. The highest BCUT2D eigenvalue weighted by atomic mass is 16.5. The van der Waals surface area contributed by atoms with E-state index in [9.17, 15) is 0 Å². The molecule has 1 rings (SSSR count). The van der Waals surface area contributed by atoms with E-state index in [1.807, 2.05) is 18.2 Å². The molecule has 0 radical (unpaired) electrons. The molecule has 0 heterocycles. The van der Waals surface area contributed by atoms with Gasteiger partial charge >= 0.3 is 0 Å². The molecule has 0 saturated carbocycles. The number of benzene rings is 1. The Bertz CT molecular complexity index is 343. The molecule has 0 saturated heterocycles. The Balaban J connectivity index is 2.67. The van der Waals surface area contributed by atoms with Crippen molar-refractivity contribution in [3.8, 4) is 12.0 Å². The molecule has 0 bridgehead atoms. The summed E-state index contributed by atoms with van der Waals surface area (Å²) in [7, 11) is 0. The summed E-state index contributed by atoms with van der Waals surface area (Å²) in [4.78, 5) is 0. The van der Waals surface area contributed by atoms with Crippen molar-refractivity contribution in [2.24, 2.45) is 5.92 Å². The highest BCUT2D eigenvalue weighted by Gasteiger charge is 2.15. The van der Waals surface area contributed by atoms with Crippen molar-refractivity contribution in [3.05, 3.63) is 35.9 Å². The van der Waals surface area contributed by atoms with E-state index in [-0.39, 0.29) is 6.10 Å². The van der Waals surface area contributed by atoms with Crippen LogP contribution in [0.4, 0.5) is 0 Å². The Morgan fingerprint density at radius 2 is 1.88 bits per heavy atom. The molecule has 0 spiro atoms. The Labute approximate surface area is 98.8 Å². The van der Waals surface area contributed by atoms with Gasteiger partial charge in [0.1, 0.15) is 12.2 Å². The van der Waals surface area contributed by atoms with Crippen LogP contribution in [0.3, 0.4) is 0 Å². The van der Waals surface area contributed by atoms with E-state index in [2.05, 4.69) is 44.9 Å². The third kappa shape index (κ3) is 3.98. The van der Waals surface area contributed by atoms with Crippen molar-refractivity contribution in [2.75, 3.05) is 0 Å². The molecule has 86 valence electrons. The molecule has 0 aliphatic carbocycles. The summed E-state index contributed by atoms with van der Waals surface area (Å²) in [5.41, 5.74) is 1.20. The average Bonchev–Trinajstić information content (AvgIpc) is 2.30. The number of ether oxygens (including phenoxy) is 1. The zero-order valence-corrected chi connectivity index (χ0v) is 10.4. The van der Waals surface area contributed by atoms with Gasteiger partial charge in [-0.1, -0.05) is 57.0 Å². The second-order valence-corrected chi connectivity index (χ2v) is 4.22. The van der Waals surface area contributed by atoms with Crippen LogP contribution < -0.4 is 0 Å².